The summed E-state index contributed by atoms with van der Waals surface area (Å²) < 4.78 is 11.2. The van der Waals surface area contributed by atoms with Crippen molar-refractivity contribution in [2.75, 3.05) is 0 Å². The largest absolute Gasteiger partial charge is 0.456 e. The highest BCUT2D eigenvalue weighted by molar-refractivity contribution is 6.36. The summed E-state index contributed by atoms with van der Waals surface area (Å²) in [6.07, 6.45) is 0. The SMILES string of the molecule is c1ccc(-n2c3ccccc3c3c4ccccc4c4c(c5ccccc5n4-c4ccc(-c5ccc6c(c5)oc5ccccc56)cc4)c32)cc1. The molecule has 8 aromatic carbocycles. The fraction of sp³-hybridized carbons (Fsp3) is 0. The molecule has 3 heterocycles. The minimum absolute atomic E-state index is 0.912. The van der Waals surface area contributed by atoms with Crippen molar-refractivity contribution in [3.8, 4) is 22.5 Å². The average Bonchev–Trinajstić information content (AvgIpc) is 3.83. The Hall–Kier alpha value is -6.58. The van der Waals surface area contributed by atoms with Crippen molar-refractivity contribution < 1.29 is 4.42 Å². The molecule has 0 aliphatic heterocycles. The van der Waals surface area contributed by atoms with Crippen LogP contribution in [0.3, 0.4) is 0 Å². The second kappa shape index (κ2) is 9.96. The van der Waals surface area contributed by atoms with Gasteiger partial charge in [-0.15, -0.1) is 0 Å². The van der Waals surface area contributed by atoms with Gasteiger partial charge in [0, 0.05) is 49.1 Å². The Morgan fingerprint density at radius 2 is 0.857 bits per heavy atom. The summed E-state index contributed by atoms with van der Waals surface area (Å²) in [4.78, 5) is 0. The molecule has 0 bridgehead atoms. The van der Waals surface area contributed by atoms with Crippen molar-refractivity contribution in [1.29, 1.82) is 0 Å². The number of hydrogen-bond acceptors (Lipinski definition) is 1. The lowest BCUT2D eigenvalue weighted by atomic mass is 9.99. The van der Waals surface area contributed by atoms with Gasteiger partial charge in [0.05, 0.1) is 22.1 Å². The molecule has 3 nitrogen and oxygen atoms in total. The predicted octanol–water partition coefficient (Wildman–Crippen LogP) is 12.6. The Morgan fingerprint density at radius 3 is 1.61 bits per heavy atom. The molecule has 0 unspecified atom stereocenters. The van der Waals surface area contributed by atoms with Crippen molar-refractivity contribution in [2.45, 2.75) is 0 Å². The summed E-state index contributed by atoms with van der Waals surface area (Å²) in [6, 6.07) is 61.2. The van der Waals surface area contributed by atoms with Gasteiger partial charge < -0.3 is 13.6 Å². The topological polar surface area (TPSA) is 23.0 Å². The molecule has 0 atom stereocenters. The third-order valence-electron chi connectivity index (χ3n) is 10.3. The molecule has 49 heavy (non-hydrogen) atoms. The summed E-state index contributed by atoms with van der Waals surface area (Å²) in [5.41, 5.74) is 11.3. The summed E-state index contributed by atoms with van der Waals surface area (Å²) >= 11 is 0. The third-order valence-corrected chi connectivity index (χ3v) is 10.3. The van der Waals surface area contributed by atoms with E-state index in [1.165, 1.54) is 54.4 Å². The van der Waals surface area contributed by atoms with E-state index in [-0.39, 0.29) is 0 Å². The molecule has 3 aromatic heterocycles. The zero-order valence-corrected chi connectivity index (χ0v) is 26.5. The Morgan fingerprint density at radius 1 is 0.327 bits per heavy atom. The number of benzene rings is 8. The molecule has 0 spiro atoms. The minimum atomic E-state index is 0.912. The van der Waals surface area contributed by atoms with E-state index in [4.69, 9.17) is 4.42 Å². The van der Waals surface area contributed by atoms with E-state index in [9.17, 15) is 0 Å². The van der Waals surface area contributed by atoms with Gasteiger partial charge in [-0.1, -0.05) is 115 Å². The van der Waals surface area contributed by atoms with Gasteiger partial charge >= 0.3 is 0 Å². The molecule has 0 saturated carbocycles. The van der Waals surface area contributed by atoms with E-state index in [2.05, 4.69) is 167 Å². The van der Waals surface area contributed by atoms with E-state index >= 15 is 0 Å². The molecule has 11 aromatic rings. The lowest BCUT2D eigenvalue weighted by Gasteiger charge is -2.13. The van der Waals surface area contributed by atoms with Crippen molar-refractivity contribution in [3.63, 3.8) is 0 Å². The Labute approximate surface area is 281 Å². The van der Waals surface area contributed by atoms with Gasteiger partial charge in [-0.3, -0.25) is 0 Å². The predicted molar refractivity (Wildman–Crippen MR) is 205 cm³/mol. The fourth-order valence-electron chi connectivity index (χ4n) is 8.21. The Balaban J connectivity index is 1.21. The number of nitrogens with zero attached hydrogens (tertiary/aromatic N) is 2. The van der Waals surface area contributed by atoms with E-state index in [1.54, 1.807) is 0 Å². The first-order chi connectivity index (χ1) is 24.3. The molecule has 0 aliphatic rings. The first-order valence-corrected chi connectivity index (χ1v) is 16.8. The van der Waals surface area contributed by atoms with Gasteiger partial charge in [0.25, 0.3) is 0 Å². The number of rotatable bonds is 3. The van der Waals surface area contributed by atoms with Crippen molar-refractivity contribution >= 4 is 76.3 Å². The van der Waals surface area contributed by atoms with Gasteiger partial charge in [0.15, 0.2) is 0 Å². The maximum absolute atomic E-state index is 6.23. The number of hydrogen-bond donors (Lipinski definition) is 0. The molecule has 0 aliphatic carbocycles. The summed E-state index contributed by atoms with van der Waals surface area (Å²) in [5, 5.41) is 9.87. The quantitative estimate of drug-likeness (QED) is 0.192. The highest BCUT2D eigenvalue weighted by atomic mass is 16.3. The Bertz CT molecular complexity index is 3090. The molecule has 0 saturated heterocycles. The van der Waals surface area contributed by atoms with E-state index in [0.29, 0.717) is 0 Å². The smallest absolute Gasteiger partial charge is 0.136 e. The summed E-state index contributed by atoms with van der Waals surface area (Å²) in [5.74, 6) is 0. The maximum Gasteiger partial charge on any atom is 0.136 e. The van der Waals surface area contributed by atoms with E-state index in [0.717, 1.165) is 44.4 Å². The molecule has 0 fully saturated rings. The van der Waals surface area contributed by atoms with Crippen LogP contribution in [0, 0.1) is 0 Å². The fourth-order valence-corrected chi connectivity index (χ4v) is 8.21. The molecule has 0 amide bonds. The van der Waals surface area contributed by atoms with Crippen LogP contribution in [0.2, 0.25) is 0 Å². The van der Waals surface area contributed by atoms with Crippen LogP contribution in [0.1, 0.15) is 0 Å². The standard InChI is InChI=1S/C46H28N2O/c1-2-12-31(13-3-1)48-39-19-9-6-17-37(39)43-35-15-4-5-16-36(35)45-44(46(43)48)38-18-7-10-20-40(38)47(45)32-25-22-29(23-26-32)30-24-27-34-33-14-8-11-21-41(33)49-42(34)28-30/h1-28H. The van der Waals surface area contributed by atoms with Crippen molar-refractivity contribution in [2.24, 2.45) is 0 Å². The molecule has 0 radical (unpaired) electrons. The molecular formula is C46H28N2O. The highest BCUT2D eigenvalue weighted by Crippen LogP contribution is 2.46. The molecule has 228 valence electrons. The number of aromatic nitrogens is 2. The van der Waals surface area contributed by atoms with Gasteiger partial charge in [-0.2, -0.15) is 0 Å². The van der Waals surface area contributed by atoms with Crippen LogP contribution in [0.4, 0.5) is 0 Å². The van der Waals surface area contributed by atoms with Crippen LogP contribution in [0.5, 0.6) is 0 Å². The summed E-state index contributed by atoms with van der Waals surface area (Å²) in [6.45, 7) is 0. The van der Waals surface area contributed by atoms with Crippen LogP contribution in [-0.4, -0.2) is 9.13 Å². The lowest BCUT2D eigenvalue weighted by molar-refractivity contribution is 0.669. The van der Waals surface area contributed by atoms with Gasteiger partial charge in [0.1, 0.15) is 11.2 Å². The monoisotopic (exact) mass is 624 g/mol. The van der Waals surface area contributed by atoms with E-state index < -0.39 is 0 Å². The van der Waals surface area contributed by atoms with Crippen molar-refractivity contribution in [3.05, 3.63) is 170 Å². The zero-order chi connectivity index (χ0) is 32.1. The van der Waals surface area contributed by atoms with E-state index in [1.807, 2.05) is 12.1 Å². The normalized spacial score (nSPS) is 12.1. The second-order valence-electron chi connectivity index (χ2n) is 12.9. The molecule has 3 heteroatoms. The number of para-hydroxylation sites is 4. The van der Waals surface area contributed by atoms with Gasteiger partial charge in [0.2, 0.25) is 0 Å². The van der Waals surface area contributed by atoms with Crippen molar-refractivity contribution in [1.82, 2.24) is 9.13 Å². The molecular weight excluding hydrogens is 597 g/mol. The first-order valence-electron chi connectivity index (χ1n) is 16.8. The lowest BCUT2D eigenvalue weighted by Crippen LogP contribution is -1.96. The minimum Gasteiger partial charge on any atom is -0.456 e. The van der Waals surface area contributed by atoms with Crippen LogP contribution in [-0.2, 0) is 0 Å². The summed E-state index contributed by atoms with van der Waals surface area (Å²) in [7, 11) is 0. The zero-order valence-electron chi connectivity index (χ0n) is 26.5. The number of fused-ring (bicyclic) bond motifs is 13. The van der Waals surface area contributed by atoms with Gasteiger partial charge in [-0.05, 0) is 71.1 Å². The average molecular weight is 625 g/mol. The number of furan rings is 1. The third kappa shape index (κ3) is 3.67. The van der Waals surface area contributed by atoms with Crippen LogP contribution in [0.25, 0.3) is 98.8 Å². The van der Waals surface area contributed by atoms with Gasteiger partial charge in [-0.25, -0.2) is 0 Å². The van der Waals surface area contributed by atoms with Crippen LogP contribution in [0.15, 0.2) is 174 Å². The maximum atomic E-state index is 6.23. The second-order valence-corrected chi connectivity index (χ2v) is 12.9. The highest BCUT2D eigenvalue weighted by Gasteiger charge is 2.24. The Kier molecular flexibility index (Phi) is 5.38. The first kappa shape index (κ1) is 26.5. The van der Waals surface area contributed by atoms with Crippen LogP contribution < -0.4 is 0 Å². The molecule has 0 N–H and O–H groups in total. The van der Waals surface area contributed by atoms with Crippen LogP contribution >= 0.6 is 0 Å². The molecule has 11 rings (SSSR count).